The summed E-state index contributed by atoms with van der Waals surface area (Å²) in [4.78, 5) is 4.12. The molecule has 0 aliphatic rings. The molecule has 0 fully saturated rings. The Hall–Kier alpha value is -0.700. The number of nitrogens with zero attached hydrogens (tertiary/aromatic N) is 1. The minimum Gasteiger partial charge on any atom is -0.384 e. The number of pyridine rings is 1. The van der Waals surface area contributed by atoms with E-state index in [1.807, 2.05) is 24.2 Å². The normalized spacial score (nSPS) is 10.0. The third kappa shape index (κ3) is 4.18. The van der Waals surface area contributed by atoms with Crippen molar-refractivity contribution in [1.82, 2.24) is 4.98 Å². The van der Waals surface area contributed by atoms with Gasteiger partial charge < -0.3 is 5.32 Å². The first-order valence-corrected chi connectivity index (χ1v) is 5.87. The van der Waals surface area contributed by atoms with Crippen molar-refractivity contribution in [2.24, 2.45) is 0 Å². The molecule has 13 heavy (non-hydrogen) atoms. The van der Waals surface area contributed by atoms with E-state index in [1.165, 1.54) is 17.7 Å². The number of hydrogen-bond donors (Lipinski definition) is 1. The minimum atomic E-state index is 1.03. The Balaban J connectivity index is 2.28. The lowest BCUT2D eigenvalue weighted by Gasteiger charge is -2.05. The second kappa shape index (κ2) is 5.86. The third-order valence-electron chi connectivity index (χ3n) is 1.73. The second-order valence-electron chi connectivity index (χ2n) is 3.02. The van der Waals surface area contributed by atoms with Crippen LogP contribution < -0.4 is 5.32 Å². The zero-order valence-electron chi connectivity index (χ0n) is 8.21. The monoisotopic (exact) mass is 196 g/mol. The van der Waals surface area contributed by atoms with Gasteiger partial charge in [0.1, 0.15) is 0 Å². The van der Waals surface area contributed by atoms with E-state index in [-0.39, 0.29) is 0 Å². The van der Waals surface area contributed by atoms with Crippen molar-refractivity contribution in [2.75, 3.05) is 23.9 Å². The summed E-state index contributed by atoms with van der Waals surface area (Å²) < 4.78 is 0. The second-order valence-corrected chi connectivity index (χ2v) is 4.01. The first kappa shape index (κ1) is 10.4. The van der Waals surface area contributed by atoms with Crippen LogP contribution in [0.15, 0.2) is 18.5 Å². The number of hydrogen-bond acceptors (Lipinski definition) is 3. The molecule has 0 bridgehead atoms. The average Bonchev–Trinajstić information content (AvgIpc) is 2.13. The van der Waals surface area contributed by atoms with Gasteiger partial charge in [-0.3, -0.25) is 4.98 Å². The summed E-state index contributed by atoms with van der Waals surface area (Å²) in [6.45, 7) is 3.09. The fourth-order valence-electron chi connectivity index (χ4n) is 1.10. The molecule has 0 aliphatic heterocycles. The van der Waals surface area contributed by atoms with Crippen LogP contribution in [-0.4, -0.2) is 23.5 Å². The highest BCUT2D eigenvalue weighted by molar-refractivity contribution is 7.98. The summed E-state index contributed by atoms with van der Waals surface area (Å²) in [6, 6.07) is 2.12. The zero-order valence-corrected chi connectivity index (χ0v) is 9.03. The van der Waals surface area contributed by atoms with E-state index in [9.17, 15) is 0 Å². The van der Waals surface area contributed by atoms with Gasteiger partial charge in [0.05, 0.1) is 5.69 Å². The van der Waals surface area contributed by atoms with E-state index in [0.29, 0.717) is 0 Å². The van der Waals surface area contributed by atoms with Crippen molar-refractivity contribution >= 4 is 17.4 Å². The summed E-state index contributed by atoms with van der Waals surface area (Å²) in [5.41, 5.74) is 2.33. The van der Waals surface area contributed by atoms with E-state index in [4.69, 9.17) is 0 Å². The lowest BCUT2D eigenvalue weighted by Crippen LogP contribution is -2.02. The van der Waals surface area contributed by atoms with Crippen LogP contribution in [0.2, 0.25) is 0 Å². The molecule has 0 atom stereocenters. The first-order chi connectivity index (χ1) is 6.33. The van der Waals surface area contributed by atoms with E-state index < -0.39 is 0 Å². The van der Waals surface area contributed by atoms with Gasteiger partial charge in [-0.2, -0.15) is 11.8 Å². The van der Waals surface area contributed by atoms with Gasteiger partial charge in [-0.05, 0) is 37.0 Å². The van der Waals surface area contributed by atoms with Crippen molar-refractivity contribution in [3.05, 3.63) is 24.0 Å². The molecule has 3 heteroatoms. The molecule has 1 heterocycles. The number of aromatic nitrogens is 1. The smallest absolute Gasteiger partial charge is 0.0529 e. The molecule has 1 aromatic rings. The van der Waals surface area contributed by atoms with Crippen LogP contribution in [0.3, 0.4) is 0 Å². The molecular formula is C10H16N2S. The van der Waals surface area contributed by atoms with Crippen LogP contribution in [0.5, 0.6) is 0 Å². The SMILES string of the molecule is CSCCCNc1cncc(C)c1. The molecule has 0 amide bonds. The summed E-state index contributed by atoms with van der Waals surface area (Å²) >= 11 is 1.88. The molecular weight excluding hydrogens is 180 g/mol. The highest BCUT2D eigenvalue weighted by atomic mass is 32.2. The maximum absolute atomic E-state index is 4.12. The van der Waals surface area contributed by atoms with E-state index in [1.54, 1.807) is 0 Å². The first-order valence-electron chi connectivity index (χ1n) is 4.47. The molecule has 72 valence electrons. The van der Waals surface area contributed by atoms with Crippen LogP contribution in [-0.2, 0) is 0 Å². The van der Waals surface area contributed by atoms with E-state index >= 15 is 0 Å². The third-order valence-corrected chi connectivity index (χ3v) is 2.43. The van der Waals surface area contributed by atoms with Gasteiger partial charge in [0.25, 0.3) is 0 Å². The van der Waals surface area contributed by atoms with Gasteiger partial charge in [-0.15, -0.1) is 0 Å². The van der Waals surface area contributed by atoms with Gasteiger partial charge in [0.15, 0.2) is 0 Å². The maximum atomic E-state index is 4.12. The highest BCUT2D eigenvalue weighted by Gasteiger charge is 1.91. The zero-order chi connectivity index (χ0) is 9.52. The minimum absolute atomic E-state index is 1.03. The van der Waals surface area contributed by atoms with Gasteiger partial charge in [-0.1, -0.05) is 0 Å². The Morgan fingerprint density at radius 3 is 3.00 bits per heavy atom. The average molecular weight is 196 g/mol. The van der Waals surface area contributed by atoms with Crippen molar-refractivity contribution in [3.8, 4) is 0 Å². The van der Waals surface area contributed by atoms with Gasteiger partial charge in [0.2, 0.25) is 0 Å². The Labute approximate surface area is 84.1 Å². The van der Waals surface area contributed by atoms with Crippen molar-refractivity contribution in [2.45, 2.75) is 13.3 Å². The van der Waals surface area contributed by atoms with Crippen LogP contribution >= 0.6 is 11.8 Å². The molecule has 1 aromatic heterocycles. The van der Waals surface area contributed by atoms with Crippen molar-refractivity contribution in [3.63, 3.8) is 0 Å². The number of nitrogens with one attached hydrogen (secondary N) is 1. The fourth-order valence-corrected chi connectivity index (χ4v) is 1.53. The summed E-state index contributed by atoms with van der Waals surface area (Å²) in [6.07, 6.45) is 7.07. The molecule has 0 aliphatic carbocycles. The lowest BCUT2D eigenvalue weighted by atomic mass is 10.3. The molecule has 0 aromatic carbocycles. The van der Waals surface area contributed by atoms with E-state index in [0.717, 1.165) is 12.2 Å². The van der Waals surface area contributed by atoms with Crippen molar-refractivity contribution < 1.29 is 0 Å². The Morgan fingerprint density at radius 2 is 2.31 bits per heavy atom. The van der Waals surface area contributed by atoms with Crippen molar-refractivity contribution in [1.29, 1.82) is 0 Å². The number of thioether (sulfide) groups is 1. The molecule has 0 saturated carbocycles. The molecule has 1 rings (SSSR count). The van der Waals surface area contributed by atoms with Crippen LogP contribution in [0, 0.1) is 6.92 Å². The summed E-state index contributed by atoms with van der Waals surface area (Å²) in [5, 5.41) is 3.34. The Bertz CT molecular complexity index is 250. The number of rotatable bonds is 5. The molecule has 0 saturated heterocycles. The van der Waals surface area contributed by atoms with Gasteiger partial charge >= 0.3 is 0 Å². The van der Waals surface area contributed by atoms with Gasteiger partial charge in [0, 0.05) is 18.9 Å². The Morgan fingerprint density at radius 1 is 1.46 bits per heavy atom. The predicted octanol–water partition coefficient (Wildman–Crippen LogP) is 2.56. The molecule has 1 N–H and O–H groups in total. The van der Waals surface area contributed by atoms with Crippen LogP contribution in [0.4, 0.5) is 5.69 Å². The summed E-state index contributed by atoms with van der Waals surface area (Å²) in [5.74, 6) is 1.21. The molecule has 0 radical (unpaired) electrons. The lowest BCUT2D eigenvalue weighted by molar-refractivity contribution is 0.990. The highest BCUT2D eigenvalue weighted by Crippen LogP contribution is 2.07. The van der Waals surface area contributed by atoms with Gasteiger partial charge in [-0.25, -0.2) is 0 Å². The molecule has 0 spiro atoms. The predicted molar refractivity (Wildman–Crippen MR) is 60.5 cm³/mol. The quantitative estimate of drug-likeness (QED) is 0.733. The molecule has 2 nitrogen and oxygen atoms in total. The largest absolute Gasteiger partial charge is 0.384 e. The van der Waals surface area contributed by atoms with E-state index in [2.05, 4.69) is 29.5 Å². The van der Waals surface area contributed by atoms with Crippen LogP contribution in [0.25, 0.3) is 0 Å². The Kier molecular flexibility index (Phi) is 4.68. The fraction of sp³-hybridized carbons (Fsp3) is 0.500. The van der Waals surface area contributed by atoms with Crippen LogP contribution in [0.1, 0.15) is 12.0 Å². The number of anilines is 1. The standard InChI is InChI=1S/C10H16N2S/c1-9-6-10(8-11-7-9)12-4-3-5-13-2/h6-8,12H,3-5H2,1-2H3. The summed E-state index contributed by atoms with van der Waals surface area (Å²) in [7, 11) is 0. The molecule has 0 unspecified atom stereocenters. The maximum Gasteiger partial charge on any atom is 0.0529 e. The topological polar surface area (TPSA) is 24.9 Å². The number of aryl methyl sites for hydroxylation is 1.